The average Bonchev–Trinajstić information content (AvgIpc) is 3.07. The van der Waals surface area contributed by atoms with E-state index in [9.17, 15) is 13.2 Å². The number of carbonyl (C=O) groups is 1. The van der Waals surface area contributed by atoms with Crippen molar-refractivity contribution < 1.29 is 13.2 Å². The van der Waals surface area contributed by atoms with Crippen LogP contribution in [0.15, 0.2) is 47.4 Å². The van der Waals surface area contributed by atoms with Gasteiger partial charge in [-0.15, -0.1) is 0 Å². The Balaban J connectivity index is 1.40. The zero-order valence-corrected chi connectivity index (χ0v) is 19.6. The van der Waals surface area contributed by atoms with Crippen LogP contribution in [0.1, 0.15) is 52.4 Å². The number of benzene rings is 1. The van der Waals surface area contributed by atoms with Crippen molar-refractivity contribution in [1.29, 1.82) is 0 Å². The van der Waals surface area contributed by atoms with E-state index in [1.807, 2.05) is 18.0 Å². The molecule has 31 heavy (non-hydrogen) atoms. The molecule has 4 aliphatic rings. The van der Waals surface area contributed by atoms with Crippen LogP contribution in [0.4, 0.5) is 0 Å². The number of hydrogen-bond donors (Lipinski definition) is 1. The van der Waals surface area contributed by atoms with E-state index in [0.29, 0.717) is 22.6 Å². The summed E-state index contributed by atoms with van der Waals surface area (Å²) >= 11 is 0. The van der Waals surface area contributed by atoms with Crippen LogP contribution in [-0.4, -0.2) is 38.4 Å². The molecule has 3 fully saturated rings. The minimum Gasteiger partial charge on any atom is -0.338 e. The fraction of sp³-hybridized carbons (Fsp3) is 0.640. The molecule has 0 saturated heterocycles. The molecule has 0 aromatic heterocycles. The Morgan fingerprint density at radius 3 is 2.48 bits per heavy atom. The Kier molecular flexibility index (Phi) is 4.91. The number of nitrogens with one attached hydrogen (secondary N) is 1. The number of hydrogen-bond acceptors (Lipinski definition) is 3. The lowest BCUT2D eigenvalue weighted by atomic mass is 9.48. The van der Waals surface area contributed by atoms with E-state index >= 15 is 0 Å². The Labute approximate surface area is 186 Å². The quantitative estimate of drug-likeness (QED) is 0.770. The largest absolute Gasteiger partial charge is 0.338 e. The maximum absolute atomic E-state index is 13.0. The Hall–Kier alpha value is -1.66. The number of nitrogens with zero attached hydrogens (tertiary/aromatic N) is 1. The number of carbonyl (C=O) groups excluding carboxylic acids is 1. The van der Waals surface area contributed by atoms with Gasteiger partial charge in [0.25, 0.3) is 0 Å². The molecule has 3 saturated carbocycles. The predicted octanol–water partition coefficient (Wildman–Crippen LogP) is 3.97. The lowest BCUT2D eigenvalue weighted by Crippen LogP contribution is -2.60. The molecule has 6 heteroatoms. The highest BCUT2D eigenvalue weighted by Gasteiger charge is 2.60. The molecule has 3 aliphatic carbocycles. The summed E-state index contributed by atoms with van der Waals surface area (Å²) in [4.78, 5) is 14.6. The van der Waals surface area contributed by atoms with Gasteiger partial charge >= 0.3 is 0 Å². The molecule has 5 rings (SSSR count). The number of sulfonamides is 1. The molecule has 7 atom stereocenters. The molecular weight excluding hydrogens is 408 g/mol. The number of likely N-dealkylation sites (N-methyl/N-ethyl adjacent to an activating group) is 1. The summed E-state index contributed by atoms with van der Waals surface area (Å²) in [6, 6.07) is 9.00. The summed E-state index contributed by atoms with van der Waals surface area (Å²) < 4.78 is 29.2. The molecule has 1 aromatic rings. The highest BCUT2D eigenvalue weighted by atomic mass is 32.2. The van der Waals surface area contributed by atoms with Gasteiger partial charge in [0.05, 0.1) is 4.90 Å². The summed E-state index contributed by atoms with van der Waals surface area (Å²) in [6.07, 6.45) is 10.3. The lowest BCUT2D eigenvalue weighted by molar-refractivity contribution is -0.138. The third kappa shape index (κ3) is 3.12. The summed E-state index contributed by atoms with van der Waals surface area (Å²) in [6.45, 7) is 4.67. The fourth-order valence-electron chi connectivity index (χ4n) is 7.79. The van der Waals surface area contributed by atoms with Crippen molar-refractivity contribution in [1.82, 2.24) is 9.62 Å². The first-order chi connectivity index (χ1) is 14.7. The maximum Gasteiger partial charge on any atom is 0.246 e. The molecule has 1 N–H and O–H groups in total. The summed E-state index contributed by atoms with van der Waals surface area (Å²) in [5.74, 6) is 1.81. The van der Waals surface area contributed by atoms with E-state index in [1.165, 1.54) is 0 Å². The zero-order valence-electron chi connectivity index (χ0n) is 18.8. The molecular formula is C25H34N2O3S. The van der Waals surface area contributed by atoms with Gasteiger partial charge in [-0.3, -0.25) is 4.79 Å². The highest BCUT2D eigenvalue weighted by molar-refractivity contribution is 7.89. The average molecular weight is 443 g/mol. The number of fused-ring (bicyclic) bond motifs is 5. The van der Waals surface area contributed by atoms with Crippen molar-refractivity contribution in [2.75, 3.05) is 7.05 Å². The van der Waals surface area contributed by atoms with Gasteiger partial charge in [-0.25, -0.2) is 13.1 Å². The Morgan fingerprint density at radius 1 is 1.00 bits per heavy atom. The van der Waals surface area contributed by atoms with Crippen molar-refractivity contribution in [3.05, 3.63) is 42.5 Å². The fourth-order valence-corrected chi connectivity index (χ4v) is 9.20. The van der Waals surface area contributed by atoms with E-state index in [4.69, 9.17) is 0 Å². The van der Waals surface area contributed by atoms with E-state index in [1.54, 1.807) is 30.3 Å². The second-order valence-electron chi connectivity index (χ2n) is 10.7. The van der Waals surface area contributed by atoms with Gasteiger partial charge in [-0.05, 0) is 79.9 Å². The van der Waals surface area contributed by atoms with Crippen molar-refractivity contribution in [2.24, 2.45) is 28.6 Å². The van der Waals surface area contributed by atoms with Gasteiger partial charge in [0.1, 0.15) is 0 Å². The summed E-state index contributed by atoms with van der Waals surface area (Å²) in [5.41, 5.74) is 0.0147. The first-order valence-electron chi connectivity index (χ1n) is 11.7. The molecule has 5 nitrogen and oxygen atoms in total. The van der Waals surface area contributed by atoms with E-state index in [-0.39, 0.29) is 28.8 Å². The minimum atomic E-state index is -3.51. The van der Waals surface area contributed by atoms with Gasteiger partial charge < -0.3 is 4.90 Å². The van der Waals surface area contributed by atoms with Crippen LogP contribution < -0.4 is 4.72 Å². The number of rotatable bonds is 3. The molecule has 1 heterocycles. The second-order valence-corrected chi connectivity index (χ2v) is 12.4. The molecule has 1 aromatic carbocycles. The molecule has 168 valence electrons. The van der Waals surface area contributed by atoms with Crippen molar-refractivity contribution >= 4 is 15.9 Å². The third-order valence-electron chi connectivity index (χ3n) is 9.48. The molecule has 0 spiro atoms. The molecule has 2 unspecified atom stereocenters. The van der Waals surface area contributed by atoms with Crippen LogP contribution in [0.25, 0.3) is 0 Å². The standard InChI is InChI=1S/C25H34N2O3S/c1-24-15-13-20-18(9-12-22-25(20,2)16-14-23(28)27(22)3)19(24)10-11-21(24)26-31(29,30)17-7-5-4-6-8-17/h4-8,14,16,18-22,26H,9-13,15H2,1-3H3/t18-,19-,20+,21?,22?,24-,25+/m0/s1. The van der Waals surface area contributed by atoms with Crippen molar-refractivity contribution in [3.63, 3.8) is 0 Å². The molecule has 1 aliphatic heterocycles. The molecule has 1 amide bonds. The van der Waals surface area contributed by atoms with E-state index < -0.39 is 10.0 Å². The van der Waals surface area contributed by atoms with E-state index in [2.05, 4.69) is 24.6 Å². The molecule has 0 bridgehead atoms. The Morgan fingerprint density at radius 2 is 1.74 bits per heavy atom. The van der Waals surface area contributed by atoms with Gasteiger partial charge in [-0.2, -0.15) is 0 Å². The van der Waals surface area contributed by atoms with Gasteiger partial charge in [0.2, 0.25) is 15.9 Å². The van der Waals surface area contributed by atoms with Crippen LogP contribution in [-0.2, 0) is 14.8 Å². The summed E-state index contributed by atoms with van der Waals surface area (Å²) in [7, 11) is -1.56. The minimum absolute atomic E-state index is 0.00762. The zero-order chi connectivity index (χ0) is 22.0. The van der Waals surface area contributed by atoms with Crippen LogP contribution in [0, 0.1) is 28.6 Å². The first kappa shape index (κ1) is 21.2. The highest BCUT2D eigenvalue weighted by Crippen LogP contribution is 2.64. The lowest BCUT2D eigenvalue weighted by Gasteiger charge is -2.60. The predicted molar refractivity (Wildman–Crippen MR) is 121 cm³/mol. The topological polar surface area (TPSA) is 66.5 Å². The normalized spacial score (nSPS) is 42.1. The maximum atomic E-state index is 13.0. The number of amides is 1. The second kappa shape index (κ2) is 7.17. The smallest absolute Gasteiger partial charge is 0.246 e. The summed E-state index contributed by atoms with van der Waals surface area (Å²) in [5, 5.41) is 0. The SMILES string of the molecule is CN1C(=O)C=C[C@@]2(C)C1CC[C@@H]1[C@H]2CC[C@]2(C)C(NS(=O)(=O)c3ccccc3)CC[C@@H]12. The van der Waals surface area contributed by atoms with Gasteiger partial charge in [-0.1, -0.05) is 38.1 Å². The molecule has 0 radical (unpaired) electrons. The van der Waals surface area contributed by atoms with Crippen LogP contribution in [0.3, 0.4) is 0 Å². The third-order valence-corrected chi connectivity index (χ3v) is 11.0. The van der Waals surface area contributed by atoms with Crippen molar-refractivity contribution in [2.45, 2.75) is 69.4 Å². The van der Waals surface area contributed by atoms with Crippen LogP contribution in [0.2, 0.25) is 0 Å². The van der Waals surface area contributed by atoms with Gasteiger partial charge in [0, 0.05) is 24.5 Å². The van der Waals surface area contributed by atoms with E-state index in [0.717, 1.165) is 38.5 Å². The monoisotopic (exact) mass is 442 g/mol. The van der Waals surface area contributed by atoms with Crippen LogP contribution >= 0.6 is 0 Å². The first-order valence-corrected chi connectivity index (χ1v) is 13.2. The van der Waals surface area contributed by atoms with Crippen molar-refractivity contribution in [3.8, 4) is 0 Å². The van der Waals surface area contributed by atoms with Crippen LogP contribution in [0.5, 0.6) is 0 Å². The Bertz CT molecular complexity index is 1010. The van der Waals surface area contributed by atoms with Gasteiger partial charge in [0.15, 0.2) is 0 Å².